The number of hydrogen-bond donors (Lipinski definition) is 1. The van der Waals surface area contributed by atoms with Gasteiger partial charge >= 0.3 is 0 Å². The van der Waals surface area contributed by atoms with Crippen molar-refractivity contribution in [2.75, 3.05) is 4.90 Å². The van der Waals surface area contributed by atoms with E-state index in [0.717, 1.165) is 25.7 Å². The SMILES string of the molecule is NC1CC2CCCC(C1)N2c1ccc(Cl)cc1F. The fourth-order valence-electron chi connectivity index (χ4n) is 3.51. The molecule has 0 aromatic heterocycles. The Labute approximate surface area is 112 Å². The smallest absolute Gasteiger partial charge is 0.147 e. The molecule has 1 aromatic rings. The van der Waals surface area contributed by atoms with Crippen molar-refractivity contribution in [3.63, 3.8) is 0 Å². The number of piperidine rings is 2. The molecule has 2 bridgehead atoms. The molecule has 2 nitrogen and oxygen atoms in total. The van der Waals surface area contributed by atoms with E-state index in [2.05, 4.69) is 4.90 Å². The van der Waals surface area contributed by atoms with Crippen LogP contribution >= 0.6 is 11.6 Å². The monoisotopic (exact) mass is 268 g/mol. The highest BCUT2D eigenvalue weighted by Crippen LogP contribution is 2.38. The number of nitrogens with two attached hydrogens (primary N) is 1. The van der Waals surface area contributed by atoms with Gasteiger partial charge in [-0.2, -0.15) is 0 Å². The van der Waals surface area contributed by atoms with Gasteiger partial charge in [0.15, 0.2) is 0 Å². The highest BCUT2D eigenvalue weighted by molar-refractivity contribution is 6.30. The third-order valence-corrected chi connectivity index (χ3v) is 4.43. The number of halogens is 2. The first-order valence-electron chi connectivity index (χ1n) is 6.64. The fourth-order valence-corrected chi connectivity index (χ4v) is 3.67. The van der Waals surface area contributed by atoms with Gasteiger partial charge in [-0.25, -0.2) is 4.39 Å². The van der Waals surface area contributed by atoms with Gasteiger partial charge in [0.1, 0.15) is 5.82 Å². The van der Waals surface area contributed by atoms with E-state index in [9.17, 15) is 4.39 Å². The fraction of sp³-hybridized carbons (Fsp3) is 0.571. The van der Waals surface area contributed by atoms with Gasteiger partial charge < -0.3 is 10.6 Å². The van der Waals surface area contributed by atoms with Gasteiger partial charge in [-0.05, 0) is 50.3 Å². The van der Waals surface area contributed by atoms with Gasteiger partial charge in [-0.3, -0.25) is 0 Å². The van der Waals surface area contributed by atoms with Crippen LogP contribution in [-0.4, -0.2) is 18.1 Å². The zero-order chi connectivity index (χ0) is 12.7. The van der Waals surface area contributed by atoms with Crippen LogP contribution in [0.25, 0.3) is 0 Å². The van der Waals surface area contributed by atoms with Gasteiger partial charge in [-0.1, -0.05) is 11.6 Å². The lowest BCUT2D eigenvalue weighted by Crippen LogP contribution is -2.55. The lowest BCUT2D eigenvalue weighted by molar-refractivity contribution is 0.269. The predicted octanol–water partition coefficient (Wildman–Crippen LogP) is 3.33. The van der Waals surface area contributed by atoms with Crippen LogP contribution in [0.1, 0.15) is 32.1 Å². The molecule has 4 heteroatoms. The van der Waals surface area contributed by atoms with E-state index in [0.29, 0.717) is 22.8 Å². The molecule has 2 N–H and O–H groups in total. The Morgan fingerprint density at radius 3 is 2.50 bits per heavy atom. The van der Waals surface area contributed by atoms with Crippen molar-refractivity contribution in [2.24, 2.45) is 5.73 Å². The second kappa shape index (κ2) is 4.71. The molecule has 98 valence electrons. The molecule has 2 fully saturated rings. The molecule has 0 amide bonds. The summed E-state index contributed by atoms with van der Waals surface area (Å²) in [5.74, 6) is -0.213. The lowest BCUT2D eigenvalue weighted by atomic mass is 9.81. The highest BCUT2D eigenvalue weighted by atomic mass is 35.5. The number of fused-ring (bicyclic) bond motifs is 2. The molecule has 0 saturated carbocycles. The number of rotatable bonds is 1. The first-order chi connectivity index (χ1) is 8.65. The summed E-state index contributed by atoms with van der Waals surface area (Å²) in [6.45, 7) is 0. The third-order valence-electron chi connectivity index (χ3n) is 4.20. The maximum atomic E-state index is 14.1. The van der Waals surface area contributed by atoms with Crippen molar-refractivity contribution in [1.82, 2.24) is 0 Å². The van der Waals surface area contributed by atoms with E-state index in [1.54, 1.807) is 12.1 Å². The van der Waals surface area contributed by atoms with Crippen LogP contribution in [0.4, 0.5) is 10.1 Å². The summed E-state index contributed by atoms with van der Waals surface area (Å²) >= 11 is 5.82. The topological polar surface area (TPSA) is 29.3 Å². The maximum absolute atomic E-state index is 14.1. The van der Waals surface area contributed by atoms with E-state index in [1.807, 2.05) is 0 Å². The zero-order valence-electron chi connectivity index (χ0n) is 10.3. The summed E-state index contributed by atoms with van der Waals surface area (Å²) in [6.07, 6.45) is 5.41. The van der Waals surface area contributed by atoms with Gasteiger partial charge in [0.2, 0.25) is 0 Å². The summed E-state index contributed by atoms with van der Waals surface area (Å²) in [5, 5.41) is 0.454. The van der Waals surface area contributed by atoms with Crippen LogP contribution in [0.2, 0.25) is 5.02 Å². The Bertz CT molecular complexity index is 437. The molecule has 18 heavy (non-hydrogen) atoms. The molecule has 2 aliphatic rings. The number of hydrogen-bond acceptors (Lipinski definition) is 2. The second-order valence-electron chi connectivity index (χ2n) is 5.47. The van der Waals surface area contributed by atoms with Crippen LogP contribution in [0.3, 0.4) is 0 Å². The van der Waals surface area contributed by atoms with E-state index < -0.39 is 0 Å². The summed E-state index contributed by atoms with van der Waals surface area (Å²) in [7, 11) is 0. The Hall–Kier alpha value is -0.800. The molecular weight excluding hydrogens is 251 g/mol. The molecule has 2 saturated heterocycles. The largest absolute Gasteiger partial charge is 0.363 e. The van der Waals surface area contributed by atoms with Crippen molar-refractivity contribution in [2.45, 2.75) is 50.2 Å². The van der Waals surface area contributed by atoms with Crippen LogP contribution in [0, 0.1) is 5.82 Å². The first-order valence-corrected chi connectivity index (χ1v) is 7.02. The van der Waals surface area contributed by atoms with Crippen molar-refractivity contribution < 1.29 is 4.39 Å². The predicted molar refractivity (Wildman–Crippen MR) is 72.5 cm³/mol. The molecule has 3 rings (SSSR count). The normalized spacial score (nSPS) is 31.5. The molecule has 2 aliphatic heterocycles. The minimum atomic E-state index is -0.213. The number of nitrogens with zero attached hydrogens (tertiary/aromatic N) is 1. The first kappa shape index (κ1) is 12.2. The Morgan fingerprint density at radius 2 is 1.89 bits per heavy atom. The van der Waals surface area contributed by atoms with Crippen LogP contribution < -0.4 is 10.6 Å². The van der Waals surface area contributed by atoms with Crippen LogP contribution in [0.5, 0.6) is 0 Å². The van der Waals surface area contributed by atoms with Gasteiger partial charge in [0.25, 0.3) is 0 Å². The Balaban J connectivity index is 1.95. The van der Waals surface area contributed by atoms with Crippen molar-refractivity contribution in [3.8, 4) is 0 Å². The van der Waals surface area contributed by atoms with Gasteiger partial charge in [0.05, 0.1) is 5.69 Å². The van der Waals surface area contributed by atoms with E-state index in [1.165, 1.54) is 12.5 Å². The number of anilines is 1. The second-order valence-corrected chi connectivity index (χ2v) is 5.91. The minimum Gasteiger partial charge on any atom is -0.363 e. The Kier molecular flexibility index (Phi) is 3.20. The van der Waals surface area contributed by atoms with Crippen LogP contribution in [0.15, 0.2) is 18.2 Å². The van der Waals surface area contributed by atoms with Gasteiger partial charge in [0, 0.05) is 23.1 Å². The summed E-state index contributed by atoms with van der Waals surface area (Å²) in [4.78, 5) is 2.25. The average Bonchev–Trinajstić information content (AvgIpc) is 2.28. The van der Waals surface area contributed by atoms with Crippen molar-refractivity contribution in [1.29, 1.82) is 0 Å². The van der Waals surface area contributed by atoms with E-state index in [4.69, 9.17) is 17.3 Å². The third kappa shape index (κ3) is 2.10. The highest BCUT2D eigenvalue weighted by Gasteiger charge is 2.38. The molecule has 0 radical (unpaired) electrons. The zero-order valence-corrected chi connectivity index (χ0v) is 11.0. The molecular formula is C14H18ClFN2. The summed E-state index contributed by atoms with van der Waals surface area (Å²) < 4.78 is 14.1. The van der Waals surface area contributed by atoms with Crippen molar-refractivity contribution >= 4 is 17.3 Å². The molecule has 1 aromatic carbocycles. The maximum Gasteiger partial charge on any atom is 0.147 e. The standard InChI is InChI=1S/C14H18ClFN2/c15-9-4-5-14(13(16)6-9)18-11-2-1-3-12(18)8-10(17)7-11/h4-6,10-12H,1-3,7-8,17H2. The molecule has 0 spiro atoms. The molecule has 2 unspecified atom stereocenters. The van der Waals surface area contributed by atoms with E-state index >= 15 is 0 Å². The Morgan fingerprint density at radius 1 is 1.22 bits per heavy atom. The molecule has 0 aliphatic carbocycles. The molecule has 2 atom stereocenters. The average molecular weight is 269 g/mol. The van der Waals surface area contributed by atoms with E-state index in [-0.39, 0.29) is 11.9 Å². The summed E-state index contributed by atoms with van der Waals surface area (Å²) in [6, 6.07) is 6.03. The minimum absolute atomic E-state index is 0.213. The number of benzene rings is 1. The quantitative estimate of drug-likeness (QED) is 0.847. The van der Waals surface area contributed by atoms with Crippen molar-refractivity contribution in [3.05, 3.63) is 29.0 Å². The van der Waals surface area contributed by atoms with Crippen LogP contribution in [-0.2, 0) is 0 Å². The molecule has 2 heterocycles. The summed E-state index contributed by atoms with van der Waals surface area (Å²) in [5.41, 5.74) is 6.78. The van der Waals surface area contributed by atoms with Gasteiger partial charge in [-0.15, -0.1) is 0 Å². The lowest BCUT2D eigenvalue weighted by Gasteiger charge is -2.49.